The minimum absolute atomic E-state index is 0.0883. The van der Waals surface area contributed by atoms with Crippen molar-refractivity contribution in [1.82, 2.24) is 10.2 Å². The zero-order valence-corrected chi connectivity index (χ0v) is 11.0. The third kappa shape index (κ3) is 2.41. The molecule has 2 atom stereocenters. The molecule has 0 aromatic carbocycles. The van der Waals surface area contributed by atoms with Gasteiger partial charge in [-0.2, -0.15) is 0 Å². The summed E-state index contributed by atoms with van der Waals surface area (Å²) < 4.78 is 0. The van der Waals surface area contributed by atoms with Crippen molar-refractivity contribution < 1.29 is 9.90 Å². The number of carboxylic acid groups (broad SMARTS) is 1. The van der Waals surface area contributed by atoms with Gasteiger partial charge < -0.3 is 10.4 Å². The SMILES string of the molecule is O=C(O)C1CCC(NC2CCN3CCCC23)CC1. The van der Waals surface area contributed by atoms with Crippen LogP contribution >= 0.6 is 0 Å². The van der Waals surface area contributed by atoms with Crippen LogP contribution in [-0.4, -0.2) is 47.2 Å². The van der Waals surface area contributed by atoms with Gasteiger partial charge in [0.2, 0.25) is 0 Å². The molecule has 3 fully saturated rings. The maximum absolute atomic E-state index is 10.9. The Morgan fingerprint density at radius 1 is 1.06 bits per heavy atom. The summed E-state index contributed by atoms with van der Waals surface area (Å²) in [6.07, 6.45) is 7.78. The second kappa shape index (κ2) is 5.17. The van der Waals surface area contributed by atoms with Gasteiger partial charge in [-0.25, -0.2) is 0 Å². The fourth-order valence-electron chi connectivity index (χ4n) is 4.09. The lowest BCUT2D eigenvalue weighted by Crippen LogP contribution is -2.46. The highest BCUT2D eigenvalue weighted by Crippen LogP contribution is 2.30. The number of fused-ring (bicyclic) bond motifs is 1. The van der Waals surface area contributed by atoms with Crippen LogP contribution in [-0.2, 0) is 4.79 Å². The molecule has 0 spiro atoms. The van der Waals surface area contributed by atoms with Crippen molar-refractivity contribution in [2.75, 3.05) is 13.1 Å². The number of carbonyl (C=O) groups is 1. The molecule has 0 amide bonds. The molecule has 2 saturated heterocycles. The van der Waals surface area contributed by atoms with Gasteiger partial charge in [-0.3, -0.25) is 9.69 Å². The first-order valence-electron chi connectivity index (χ1n) is 7.47. The van der Waals surface area contributed by atoms with E-state index in [0.717, 1.165) is 31.7 Å². The maximum Gasteiger partial charge on any atom is 0.306 e. The summed E-state index contributed by atoms with van der Waals surface area (Å²) >= 11 is 0. The van der Waals surface area contributed by atoms with E-state index in [1.165, 1.54) is 32.4 Å². The summed E-state index contributed by atoms with van der Waals surface area (Å²) in [6.45, 7) is 2.54. The van der Waals surface area contributed by atoms with Gasteiger partial charge in [-0.1, -0.05) is 0 Å². The molecular formula is C14H24N2O2. The van der Waals surface area contributed by atoms with Gasteiger partial charge in [0, 0.05) is 24.7 Å². The second-order valence-electron chi connectivity index (χ2n) is 6.19. The zero-order chi connectivity index (χ0) is 12.5. The van der Waals surface area contributed by atoms with Crippen molar-refractivity contribution in [3.63, 3.8) is 0 Å². The number of aliphatic carboxylic acids is 1. The molecule has 2 unspecified atom stereocenters. The van der Waals surface area contributed by atoms with Gasteiger partial charge in [0.15, 0.2) is 0 Å². The Balaban J connectivity index is 1.48. The van der Waals surface area contributed by atoms with E-state index in [-0.39, 0.29) is 5.92 Å². The van der Waals surface area contributed by atoms with Crippen LogP contribution in [0.4, 0.5) is 0 Å². The van der Waals surface area contributed by atoms with E-state index in [9.17, 15) is 4.79 Å². The smallest absolute Gasteiger partial charge is 0.306 e. The van der Waals surface area contributed by atoms with E-state index in [0.29, 0.717) is 12.1 Å². The Bertz CT molecular complexity index is 313. The Kier molecular flexibility index (Phi) is 3.57. The average molecular weight is 252 g/mol. The third-order valence-electron chi connectivity index (χ3n) is 5.13. The highest BCUT2D eigenvalue weighted by molar-refractivity contribution is 5.70. The monoisotopic (exact) mass is 252 g/mol. The number of hydrogen-bond acceptors (Lipinski definition) is 3. The van der Waals surface area contributed by atoms with Crippen molar-refractivity contribution in [2.45, 2.75) is 63.1 Å². The summed E-state index contributed by atoms with van der Waals surface area (Å²) in [5.74, 6) is -0.689. The van der Waals surface area contributed by atoms with Crippen LogP contribution in [0.1, 0.15) is 44.9 Å². The number of hydrogen-bond donors (Lipinski definition) is 2. The molecule has 2 heterocycles. The molecule has 4 nitrogen and oxygen atoms in total. The quantitative estimate of drug-likeness (QED) is 0.798. The average Bonchev–Trinajstić information content (AvgIpc) is 2.95. The highest BCUT2D eigenvalue weighted by atomic mass is 16.4. The molecule has 0 aromatic heterocycles. The molecule has 1 aliphatic carbocycles. The Morgan fingerprint density at radius 2 is 1.83 bits per heavy atom. The summed E-state index contributed by atoms with van der Waals surface area (Å²) in [5.41, 5.74) is 0. The van der Waals surface area contributed by atoms with Crippen molar-refractivity contribution >= 4 is 5.97 Å². The van der Waals surface area contributed by atoms with Crippen molar-refractivity contribution in [2.24, 2.45) is 5.92 Å². The molecule has 2 N–H and O–H groups in total. The molecule has 3 aliphatic rings. The number of rotatable bonds is 3. The van der Waals surface area contributed by atoms with Crippen LogP contribution in [0.3, 0.4) is 0 Å². The van der Waals surface area contributed by atoms with Gasteiger partial charge in [-0.15, -0.1) is 0 Å². The Labute approximate surface area is 109 Å². The lowest BCUT2D eigenvalue weighted by atomic mass is 9.85. The van der Waals surface area contributed by atoms with E-state index < -0.39 is 5.97 Å². The van der Waals surface area contributed by atoms with Crippen LogP contribution in [0.5, 0.6) is 0 Å². The Hall–Kier alpha value is -0.610. The third-order valence-corrected chi connectivity index (χ3v) is 5.13. The van der Waals surface area contributed by atoms with Crippen LogP contribution in [0.2, 0.25) is 0 Å². The first-order valence-corrected chi connectivity index (χ1v) is 7.47. The van der Waals surface area contributed by atoms with E-state index >= 15 is 0 Å². The normalized spacial score (nSPS) is 40.9. The Morgan fingerprint density at radius 3 is 2.56 bits per heavy atom. The predicted molar refractivity (Wildman–Crippen MR) is 69.5 cm³/mol. The van der Waals surface area contributed by atoms with Crippen LogP contribution < -0.4 is 5.32 Å². The number of carboxylic acids is 1. The number of nitrogens with one attached hydrogen (secondary N) is 1. The molecule has 3 rings (SSSR count). The van der Waals surface area contributed by atoms with Crippen LogP contribution in [0.15, 0.2) is 0 Å². The van der Waals surface area contributed by atoms with E-state index in [1.54, 1.807) is 0 Å². The second-order valence-corrected chi connectivity index (χ2v) is 6.19. The van der Waals surface area contributed by atoms with E-state index in [4.69, 9.17) is 5.11 Å². The molecule has 0 radical (unpaired) electrons. The molecular weight excluding hydrogens is 228 g/mol. The van der Waals surface area contributed by atoms with Crippen molar-refractivity contribution in [3.05, 3.63) is 0 Å². The lowest BCUT2D eigenvalue weighted by Gasteiger charge is -2.31. The zero-order valence-electron chi connectivity index (χ0n) is 11.0. The topological polar surface area (TPSA) is 52.6 Å². The first kappa shape index (κ1) is 12.4. The highest BCUT2D eigenvalue weighted by Gasteiger charge is 2.38. The lowest BCUT2D eigenvalue weighted by molar-refractivity contribution is -0.142. The van der Waals surface area contributed by atoms with Crippen molar-refractivity contribution in [3.8, 4) is 0 Å². The van der Waals surface area contributed by atoms with Gasteiger partial charge in [-0.05, 0) is 51.5 Å². The van der Waals surface area contributed by atoms with E-state index in [1.807, 2.05) is 0 Å². The molecule has 18 heavy (non-hydrogen) atoms. The molecule has 0 aromatic rings. The fourth-order valence-corrected chi connectivity index (χ4v) is 4.09. The van der Waals surface area contributed by atoms with E-state index in [2.05, 4.69) is 10.2 Å². The van der Waals surface area contributed by atoms with Gasteiger partial charge >= 0.3 is 5.97 Å². The minimum atomic E-state index is -0.601. The molecule has 0 bridgehead atoms. The number of nitrogens with zero attached hydrogens (tertiary/aromatic N) is 1. The summed E-state index contributed by atoms with van der Waals surface area (Å²) in [4.78, 5) is 13.6. The first-order chi connectivity index (χ1) is 8.74. The largest absolute Gasteiger partial charge is 0.481 e. The van der Waals surface area contributed by atoms with Gasteiger partial charge in [0.05, 0.1) is 5.92 Å². The minimum Gasteiger partial charge on any atom is -0.481 e. The summed E-state index contributed by atoms with van der Waals surface area (Å²) in [5, 5.41) is 12.8. The summed E-state index contributed by atoms with van der Waals surface area (Å²) in [7, 11) is 0. The molecule has 1 saturated carbocycles. The van der Waals surface area contributed by atoms with Gasteiger partial charge in [0.1, 0.15) is 0 Å². The van der Waals surface area contributed by atoms with Crippen LogP contribution in [0.25, 0.3) is 0 Å². The standard InChI is InChI=1S/C14H24N2O2/c17-14(18)10-3-5-11(6-4-10)15-12-7-9-16-8-1-2-13(12)16/h10-13,15H,1-9H2,(H,17,18). The van der Waals surface area contributed by atoms with Crippen molar-refractivity contribution in [1.29, 1.82) is 0 Å². The fraction of sp³-hybridized carbons (Fsp3) is 0.929. The molecule has 4 heteroatoms. The van der Waals surface area contributed by atoms with Gasteiger partial charge in [0.25, 0.3) is 0 Å². The summed E-state index contributed by atoms with van der Waals surface area (Å²) in [6, 6.07) is 1.99. The maximum atomic E-state index is 10.9. The molecule has 2 aliphatic heterocycles. The predicted octanol–water partition coefficient (Wildman–Crippen LogP) is 1.46. The van der Waals surface area contributed by atoms with Crippen LogP contribution in [0, 0.1) is 5.92 Å². The molecule has 102 valence electrons.